The van der Waals surface area contributed by atoms with Gasteiger partial charge in [-0.05, 0) is 40.9 Å². The lowest BCUT2D eigenvalue weighted by atomic mass is 10.1. The lowest BCUT2D eigenvalue weighted by Gasteiger charge is -2.21. The molecule has 0 saturated carbocycles. The standard InChI is InChI=1S/C13H17N3S/c1-10-3-5-15-13(12(10)7-14)16(2)8-11-4-6-17-9-11/h3-6,9H,7-8,14H2,1-2H3. The third-order valence-electron chi connectivity index (χ3n) is 2.83. The average molecular weight is 247 g/mol. The van der Waals surface area contributed by atoms with Crippen LogP contribution in [0.15, 0.2) is 29.1 Å². The first kappa shape index (κ1) is 12.1. The summed E-state index contributed by atoms with van der Waals surface area (Å²) >= 11 is 1.72. The van der Waals surface area contributed by atoms with Gasteiger partial charge in [0, 0.05) is 31.9 Å². The molecule has 90 valence electrons. The molecule has 0 aliphatic carbocycles. The molecule has 0 aromatic carbocycles. The first-order valence-corrected chi connectivity index (χ1v) is 6.53. The number of pyridine rings is 1. The summed E-state index contributed by atoms with van der Waals surface area (Å²) in [5.41, 5.74) is 9.44. The monoisotopic (exact) mass is 247 g/mol. The molecule has 0 fully saturated rings. The Balaban J connectivity index is 2.24. The van der Waals surface area contributed by atoms with Crippen molar-refractivity contribution in [2.45, 2.75) is 20.0 Å². The molecule has 2 heterocycles. The highest BCUT2D eigenvalue weighted by Gasteiger charge is 2.10. The molecule has 0 amide bonds. The fraction of sp³-hybridized carbons (Fsp3) is 0.308. The van der Waals surface area contributed by atoms with Gasteiger partial charge in [0.05, 0.1) is 0 Å². The number of thiophene rings is 1. The van der Waals surface area contributed by atoms with Crippen LogP contribution in [-0.4, -0.2) is 12.0 Å². The summed E-state index contributed by atoms with van der Waals surface area (Å²) in [6.45, 7) is 3.47. The van der Waals surface area contributed by atoms with E-state index in [9.17, 15) is 0 Å². The minimum Gasteiger partial charge on any atom is -0.355 e. The normalized spacial score (nSPS) is 10.5. The van der Waals surface area contributed by atoms with Gasteiger partial charge in [-0.2, -0.15) is 11.3 Å². The van der Waals surface area contributed by atoms with Crippen molar-refractivity contribution < 1.29 is 0 Å². The number of anilines is 1. The Morgan fingerprint density at radius 2 is 2.24 bits per heavy atom. The number of aromatic nitrogens is 1. The van der Waals surface area contributed by atoms with Gasteiger partial charge in [-0.1, -0.05) is 0 Å². The summed E-state index contributed by atoms with van der Waals surface area (Å²) in [5.74, 6) is 0.985. The van der Waals surface area contributed by atoms with Gasteiger partial charge in [0.1, 0.15) is 5.82 Å². The van der Waals surface area contributed by atoms with Crippen molar-refractivity contribution >= 4 is 17.2 Å². The SMILES string of the molecule is Cc1ccnc(N(C)Cc2ccsc2)c1CN. The zero-order chi connectivity index (χ0) is 12.3. The van der Waals surface area contributed by atoms with E-state index in [1.54, 1.807) is 11.3 Å². The Bertz CT molecular complexity index is 479. The van der Waals surface area contributed by atoms with E-state index < -0.39 is 0 Å². The summed E-state index contributed by atoms with van der Waals surface area (Å²) in [6, 6.07) is 4.14. The van der Waals surface area contributed by atoms with Crippen LogP contribution in [0.4, 0.5) is 5.82 Å². The van der Waals surface area contributed by atoms with Crippen LogP contribution in [-0.2, 0) is 13.1 Å². The summed E-state index contributed by atoms with van der Waals surface area (Å²) in [6.07, 6.45) is 1.84. The molecule has 0 aliphatic heterocycles. The molecule has 2 N–H and O–H groups in total. The fourth-order valence-electron chi connectivity index (χ4n) is 1.89. The molecule has 2 aromatic rings. The first-order chi connectivity index (χ1) is 8.22. The van der Waals surface area contributed by atoms with E-state index in [4.69, 9.17) is 5.73 Å². The molecular weight excluding hydrogens is 230 g/mol. The summed E-state index contributed by atoms with van der Waals surface area (Å²) in [7, 11) is 2.05. The van der Waals surface area contributed by atoms with Gasteiger partial charge < -0.3 is 10.6 Å². The van der Waals surface area contributed by atoms with Crippen LogP contribution < -0.4 is 10.6 Å². The van der Waals surface area contributed by atoms with Crippen LogP contribution in [0.2, 0.25) is 0 Å². The van der Waals surface area contributed by atoms with Crippen molar-refractivity contribution in [2.24, 2.45) is 5.73 Å². The maximum atomic E-state index is 5.80. The Hall–Kier alpha value is -1.39. The molecule has 2 rings (SSSR count). The maximum absolute atomic E-state index is 5.80. The van der Waals surface area contributed by atoms with E-state index in [0.29, 0.717) is 6.54 Å². The molecule has 3 nitrogen and oxygen atoms in total. The number of nitrogens with zero attached hydrogens (tertiary/aromatic N) is 2. The van der Waals surface area contributed by atoms with E-state index >= 15 is 0 Å². The molecule has 0 spiro atoms. The van der Waals surface area contributed by atoms with Gasteiger partial charge in [-0.15, -0.1) is 0 Å². The minimum absolute atomic E-state index is 0.531. The molecule has 0 atom stereocenters. The van der Waals surface area contributed by atoms with Crippen molar-refractivity contribution in [1.82, 2.24) is 4.98 Å². The number of rotatable bonds is 4. The van der Waals surface area contributed by atoms with Gasteiger partial charge in [0.15, 0.2) is 0 Å². The van der Waals surface area contributed by atoms with E-state index in [0.717, 1.165) is 17.9 Å². The molecule has 0 unspecified atom stereocenters. The summed E-state index contributed by atoms with van der Waals surface area (Å²) < 4.78 is 0. The van der Waals surface area contributed by atoms with Crippen molar-refractivity contribution in [3.05, 3.63) is 45.8 Å². The van der Waals surface area contributed by atoms with Gasteiger partial charge in [0.25, 0.3) is 0 Å². The predicted molar refractivity (Wildman–Crippen MR) is 73.3 cm³/mol. The zero-order valence-electron chi connectivity index (χ0n) is 10.2. The van der Waals surface area contributed by atoms with Crippen molar-refractivity contribution in [3.8, 4) is 0 Å². The largest absolute Gasteiger partial charge is 0.355 e. The van der Waals surface area contributed by atoms with Gasteiger partial charge in [-0.25, -0.2) is 4.98 Å². The topological polar surface area (TPSA) is 42.2 Å². The molecule has 0 aliphatic rings. The van der Waals surface area contributed by atoms with Crippen molar-refractivity contribution in [3.63, 3.8) is 0 Å². The third-order valence-corrected chi connectivity index (χ3v) is 3.56. The van der Waals surface area contributed by atoms with E-state index in [-0.39, 0.29) is 0 Å². The Kier molecular flexibility index (Phi) is 3.76. The van der Waals surface area contributed by atoms with Crippen LogP contribution in [0, 0.1) is 6.92 Å². The van der Waals surface area contributed by atoms with Crippen LogP contribution in [0.1, 0.15) is 16.7 Å². The number of nitrogens with two attached hydrogens (primary N) is 1. The van der Waals surface area contributed by atoms with Gasteiger partial charge in [-0.3, -0.25) is 0 Å². The molecule has 4 heteroatoms. The lowest BCUT2D eigenvalue weighted by molar-refractivity contribution is 0.874. The van der Waals surface area contributed by atoms with E-state index in [1.165, 1.54) is 11.1 Å². The quantitative estimate of drug-likeness (QED) is 0.903. The molecule has 17 heavy (non-hydrogen) atoms. The second kappa shape index (κ2) is 5.29. The minimum atomic E-state index is 0.531. The van der Waals surface area contributed by atoms with Gasteiger partial charge in [0.2, 0.25) is 0 Å². The Labute approximate surface area is 106 Å². The molecule has 0 radical (unpaired) electrons. The third kappa shape index (κ3) is 2.65. The predicted octanol–water partition coefficient (Wildman–Crippen LogP) is 2.55. The first-order valence-electron chi connectivity index (χ1n) is 5.59. The fourth-order valence-corrected chi connectivity index (χ4v) is 2.55. The Morgan fingerprint density at radius 1 is 1.41 bits per heavy atom. The second-order valence-electron chi connectivity index (χ2n) is 4.12. The highest BCUT2D eigenvalue weighted by atomic mass is 32.1. The molecule has 2 aromatic heterocycles. The number of aryl methyl sites for hydroxylation is 1. The van der Waals surface area contributed by atoms with Crippen molar-refractivity contribution in [1.29, 1.82) is 0 Å². The van der Waals surface area contributed by atoms with Crippen LogP contribution in [0.3, 0.4) is 0 Å². The van der Waals surface area contributed by atoms with Crippen LogP contribution in [0.25, 0.3) is 0 Å². The second-order valence-corrected chi connectivity index (χ2v) is 4.90. The smallest absolute Gasteiger partial charge is 0.133 e. The van der Waals surface area contributed by atoms with Gasteiger partial charge >= 0.3 is 0 Å². The van der Waals surface area contributed by atoms with Crippen molar-refractivity contribution in [2.75, 3.05) is 11.9 Å². The average Bonchev–Trinajstić information content (AvgIpc) is 2.81. The number of hydrogen-bond acceptors (Lipinski definition) is 4. The van der Waals surface area contributed by atoms with Crippen LogP contribution >= 0.6 is 11.3 Å². The molecule has 0 bridgehead atoms. The summed E-state index contributed by atoms with van der Waals surface area (Å²) in [5, 5.41) is 4.26. The molecular formula is C13H17N3S. The maximum Gasteiger partial charge on any atom is 0.133 e. The van der Waals surface area contributed by atoms with Crippen LogP contribution in [0.5, 0.6) is 0 Å². The number of hydrogen-bond donors (Lipinski definition) is 1. The summed E-state index contributed by atoms with van der Waals surface area (Å²) in [4.78, 5) is 6.59. The zero-order valence-corrected chi connectivity index (χ0v) is 11.0. The highest BCUT2D eigenvalue weighted by molar-refractivity contribution is 7.07. The molecule has 0 saturated heterocycles. The van der Waals surface area contributed by atoms with E-state index in [2.05, 4.69) is 40.7 Å². The Morgan fingerprint density at radius 3 is 2.88 bits per heavy atom. The lowest BCUT2D eigenvalue weighted by Crippen LogP contribution is -2.20. The van der Waals surface area contributed by atoms with E-state index in [1.807, 2.05) is 12.3 Å². The highest BCUT2D eigenvalue weighted by Crippen LogP contribution is 2.21.